The maximum atomic E-state index is 5.84. The van der Waals surface area contributed by atoms with Gasteiger partial charge in [-0.3, -0.25) is 4.99 Å². The van der Waals surface area contributed by atoms with E-state index in [4.69, 9.17) is 15.2 Å². The minimum absolute atomic E-state index is 0.634. The normalized spacial score (nSPS) is 18.2. The number of guanidine groups is 1. The van der Waals surface area contributed by atoms with Crippen LogP contribution in [0.5, 0.6) is 0 Å². The molecule has 1 fully saturated rings. The fourth-order valence-electron chi connectivity index (χ4n) is 1.40. The van der Waals surface area contributed by atoms with Crippen LogP contribution < -0.4 is 5.73 Å². The molecule has 88 valence electrons. The molecule has 0 saturated carbocycles. The molecule has 5 nitrogen and oxygen atoms in total. The number of rotatable bonds is 5. The summed E-state index contributed by atoms with van der Waals surface area (Å²) in [4.78, 5) is 6.36. The van der Waals surface area contributed by atoms with Gasteiger partial charge in [-0.05, 0) is 13.3 Å². The summed E-state index contributed by atoms with van der Waals surface area (Å²) in [6.07, 6.45) is 0.929. The molecular weight excluding hydrogens is 194 g/mol. The van der Waals surface area contributed by atoms with E-state index in [9.17, 15) is 0 Å². The van der Waals surface area contributed by atoms with Gasteiger partial charge in [0.05, 0.1) is 13.2 Å². The van der Waals surface area contributed by atoms with Gasteiger partial charge in [-0.15, -0.1) is 0 Å². The van der Waals surface area contributed by atoms with Gasteiger partial charge in [0, 0.05) is 32.8 Å². The summed E-state index contributed by atoms with van der Waals surface area (Å²) in [5.74, 6) is 0.634. The number of nitrogens with two attached hydrogens (primary N) is 1. The van der Waals surface area contributed by atoms with E-state index in [1.165, 1.54) is 0 Å². The average Bonchev–Trinajstić information content (AvgIpc) is 2.30. The van der Waals surface area contributed by atoms with Crippen LogP contribution >= 0.6 is 0 Å². The summed E-state index contributed by atoms with van der Waals surface area (Å²) in [6.45, 7) is 7.44. The maximum absolute atomic E-state index is 5.84. The first-order chi connectivity index (χ1) is 7.34. The van der Waals surface area contributed by atoms with Crippen LogP contribution in [0.25, 0.3) is 0 Å². The van der Waals surface area contributed by atoms with E-state index in [1.807, 2.05) is 6.92 Å². The number of aliphatic imine (C=N–C) groups is 1. The van der Waals surface area contributed by atoms with E-state index in [2.05, 4.69) is 9.89 Å². The van der Waals surface area contributed by atoms with Gasteiger partial charge in [0.2, 0.25) is 0 Å². The molecule has 0 amide bonds. The smallest absolute Gasteiger partial charge is 0.191 e. The fourth-order valence-corrected chi connectivity index (χ4v) is 1.40. The van der Waals surface area contributed by atoms with Crippen molar-refractivity contribution in [3.05, 3.63) is 0 Å². The fraction of sp³-hybridized carbons (Fsp3) is 0.900. The van der Waals surface area contributed by atoms with Gasteiger partial charge >= 0.3 is 0 Å². The Balaban J connectivity index is 2.13. The quantitative estimate of drug-likeness (QED) is 0.400. The van der Waals surface area contributed by atoms with Crippen LogP contribution in [0.15, 0.2) is 4.99 Å². The Kier molecular flexibility index (Phi) is 6.11. The van der Waals surface area contributed by atoms with Crippen LogP contribution in [0, 0.1) is 0 Å². The number of nitrogens with zero attached hydrogens (tertiary/aromatic N) is 2. The monoisotopic (exact) mass is 215 g/mol. The summed E-state index contributed by atoms with van der Waals surface area (Å²) >= 11 is 0. The first-order valence-electron chi connectivity index (χ1n) is 5.55. The van der Waals surface area contributed by atoms with Gasteiger partial charge < -0.3 is 20.1 Å². The van der Waals surface area contributed by atoms with E-state index in [0.717, 1.165) is 52.5 Å². The average molecular weight is 215 g/mol. The van der Waals surface area contributed by atoms with Crippen LogP contribution in [0.3, 0.4) is 0 Å². The number of hydrogen-bond donors (Lipinski definition) is 1. The summed E-state index contributed by atoms with van der Waals surface area (Å²) in [6, 6.07) is 0. The third kappa shape index (κ3) is 4.99. The molecule has 0 atom stereocenters. The minimum atomic E-state index is 0.634. The molecule has 0 aromatic heterocycles. The van der Waals surface area contributed by atoms with Crippen molar-refractivity contribution in [2.45, 2.75) is 13.3 Å². The molecule has 2 N–H and O–H groups in total. The zero-order valence-electron chi connectivity index (χ0n) is 9.45. The Morgan fingerprint density at radius 1 is 1.47 bits per heavy atom. The molecular formula is C10H21N3O2. The highest BCUT2D eigenvalue weighted by atomic mass is 16.5. The Hall–Kier alpha value is -0.810. The van der Waals surface area contributed by atoms with Crippen molar-refractivity contribution in [1.82, 2.24) is 4.90 Å². The number of hydrogen-bond acceptors (Lipinski definition) is 3. The van der Waals surface area contributed by atoms with E-state index in [1.54, 1.807) is 0 Å². The van der Waals surface area contributed by atoms with Crippen LogP contribution in [-0.2, 0) is 9.47 Å². The van der Waals surface area contributed by atoms with Crippen molar-refractivity contribution in [2.24, 2.45) is 10.7 Å². The molecule has 1 aliphatic heterocycles. The van der Waals surface area contributed by atoms with E-state index in [-0.39, 0.29) is 0 Å². The van der Waals surface area contributed by atoms with Crippen LogP contribution in [0.4, 0.5) is 0 Å². The van der Waals surface area contributed by atoms with Crippen molar-refractivity contribution in [2.75, 3.05) is 46.1 Å². The van der Waals surface area contributed by atoms with E-state index in [0.29, 0.717) is 5.96 Å². The summed E-state index contributed by atoms with van der Waals surface area (Å²) < 4.78 is 10.5. The highest BCUT2D eigenvalue weighted by molar-refractivity contribution is 5.78. The second kappa shape index (κ2) is 7.48. The lowest BCUT2D eigenvalue weighted by molar-refractivity contribution is 0.0674. The summed E-state index contributed by atoms with van der Waals surface area (Å²) in [7, 11) is 0. The number of ether oxygens (including phenoxy) is 2. The van der Waals surface area contributed by atoms with Crippen LogP contribution in [-0.4, -0.2) is 56.9 Å². The third-order valence-corrected chi connectivity index (χ3v) is 2.26. The standard InChI is InChI=1S/C10H21N3O2/c1-2-14-7-3-4-12-10(11)13-5-8-15-9-6-13/h2-9H2,1H3,(H2,11,12). The molecule has 1 heterocycles. The SMILES string of the molecule is CCOCCCN=C(N)N1CCOCC1. The molecule has 0 aromatic carbocycles. The molecule has 1 rings (SSSR count). The molecule has 0 unspecified atom stereocenters. The molecule has 0 aromatic rings. The molecule has 5 heteroatoms. The topological polar surface area (TPSA) is 60.1 Å². The van der Waals surface area contributed by atoms with Gasteiger partial charge in [0.15, 0.2) is 5.96 Å². The second-order valence-electron chi connectivity index (χ2n) is 3.39. The van der Waals surface area contributed by atoms with Gasteiger partial charge in [0.1, 0.15) is 0 Å². The van der Waals surface area contributed by atoms with Crippen molar-refractivity contribution in [1.29, 1.82) is 0 Å². The van der Waals surface area contributed by atoms with Gasteiger partial charge in [0.25, 0.3) is 0 Å². The Morgan fingerprint density at radius 2 is 2.20 bits per heavy atom. The first kappa shape index (κ1) is 12.3. The van der Waals surface area contributed by atoms with Crippen molar-refractivity contribution in [3.8, 4) is 0 Å². The van der Waals surface area contributed by atoms with Crippen LogP contribution in [0.2, 0.25) is 0 Å². The molecule has 1 aliphatic rings. The Bertz CT molecular complexity index is 191. The van der Waals surface area contributed by atoms with Crippen molar-refractivity contribution < 1.29 is 9.47 Å². The van der Waals surface area contributed by atoms with Gasteiger partial charge in [-0.1, -0.05) is 0 Å². The zero-order valence-corrected chi connectivity index (χ0v) is 9.45. The molecule has 0 bridgehead atoms. The predicted octanol–water partition coefficient (Wildman–Crippen LogP) is 0.0599. The highest BCUT2D eigenvalue weighted by Gasteiger charge is 2.11. The maximum Gasteiger partial charge on any atom is 0.191 e. The highest BCUT2D eigenvalue weighted by Crippen LogP contribution is 1.96. The van der Waals surface area contributed by atoms with Gasteiger partial charge in [-0.25, -0.2) is 0 Å². The lowest BCUT2D eigenvalue weighted by Gasteiger charge is -2.27. The predicted molar refractivity (Wildman–Crippen MR) is 60.0 cm³/mol. The Morgan fingerprint density at radius 3 is 2.87 bits per heavy atom. The van der Waals surface area contributed by atoms with Gasteiger partial charge in [-0.2, -0.15) is 0 Å². The molecule has 0 radical (unpaired) electrons. The second-order valence-corrected chi connectivity index (χ2v) is 3.39. The lowest BCUT2D eigenvalue weighted by atomic mass is 10.4. The largest absolute Gasteiger partial charge is 0.382 e. The zero-order chi connectivity index (χ0) is 10.9. The lowest BCUT2D eigenvalue weighted by Crippen LogP contribution is -2.44. The molecule has 0 aliphatic carbocycles. The molecule has 15 heavy (non-hydrogen) atoms. The van der Waals surface area contributed by atoms with Crippen molar-refractivity contribution >= 4 is 5.96 Å². The third-order valence-electron chi connectivity index (χ3n) is 2.26. The summed E-state index contributed by atoms with van der Waals surface area (Å²) in [5.41, 5.74) is 5.84. The molecule has 1 saturated heterocycles. The number of morpholine rings is 1. The summed E-state index contributed by atoms with van der Waals surface area (Å²) in [5, 5.41) is 0. The minimum Gasteiger partial charge on any atom is -0.382 e. The molecule has 0 spiro atoms. The van der Waals surface area contributed by atoms with Crippen molar-refractivity contribution in [3.63, 3.8) is 0 Å². The van der Waals surface area contributed by atoms with E-state index >= 15 is 0 Å². The van der Waals surface area contributed by atoms with Crippen LogP contribution in [0.1, 0.15) is 13.3 Å². The first-order valence-corrected chi connectivity index (χ1v) is 5.55. The Labute approximate surface area is 91.2 Å². The van der Waals surface area contributed by atoms with E-state index < -0.39 is 0 Å².